The molecule has 0 spiro atoms. The highest BCUT2D eigenvalue weighted by atomic mass is 16.5. The maximum Gasteiger partial charge on any atom is 0.282 e. The number of hydrogen-bond donors (Lipinski definition) is 1. The van der Waals surface area contributed by atoms with Crippen molar-refractivity contribution in [1.82, 2.24) is 4.57 Å². The molecule has 4 heteroatoms. The Bertz CT molecular complexity index is 544. The van der Waals surface area contributed by atoms with Crippen LogP contribution in [0, 0.1) is 0 Å². The van der Waals surface area contributed by atoms with Crippen LogP contribution in [0.3, 0.4) is 0 Å². The third-order valence-corrected chi connectivity index (χ3v) is 2.82. The minimum Gasteiger partial charge on any atom is -0.458 e. The maximum absolute atomic E-state index is 5.49. The van der Waals surface area contributed by atoms with Gasteiger partial charge < -0.3 is 15.0 Å². The number of nitrogens with two attached hydrogens (primary N) is 1. The highest BCUT2D eigenvalue weighted by Crippen LogP contribution is 2.16. The first-order valence-corrected chi connectivity index (χ1v) is 5.33. The Kier molecular flexibility index (Phi) is 2.06. The van der Waals surface area contributed by atoms with Gasteiger partial charge in [0, 0.05) is 11.7 Å². The van der Waals surface area contributed by atoms with E-state index in [1.165, 1.54) is 10.9 Å². The van der Waals surface area contributed by atoms with Gasteiger partial charge in [0.1, 0.15) is 6.10 Å². The second-order valence-electron chi connectivity index (χ2n) is 3.95. The molecule has 0 bridgehead atoms. The van der Waals surface area contributed by atoms with Crippen LogP contribution in [0.25, 0.3) is 10.9 Å². The van der Waals surface area contributed by atoms with E-state index in [1.807, 2.05) is 12.1 Å². The van der Waals surface area contributed by atoms with E-state index in [1.54, 1.807) is 0 Å². The Labute approximate surface area is 93.3 Å². The molecule has 3 rings (SSSR count). The Morgan fingerprint density at radius 1 is 1.38 bits per heavy atom. The molecule has 0 saturated heterocycles. The number of benzene rings is 1. The molecule has 2 heterocycles. The van der Waals surface area contributed by atoms with Crippen LogP contribution in [0.1, 0.15) is 0 Å². The van der Waals surface area contributed by atoms with Gasteiger partial charge in [0.2, 0.25) is 0 Å². The van der Waals surface area contributed by atoms with E-state index < -0.39 is 0 Å². The summed E-state index contributed by atoms with van der Waals surface area (Å²) in [5.41, 5.74) is 6.70. The van der Waals surface area contributed by atoms with E-state index >= 15 is 0 Å². The van der Waals surface area contributed by atoms with Crippen LogP contribution in [0.4, 0.5) is 0 Å². The highest BCUT2D eigenvalue weighted by molar-refractivity contribution is 5.80. The molecule has 16 heavy (non-hydrogen) atoms. The highest BCUT2D eigenvalue weighted by Gasteiger charge is 2.18. The number of aromatic nitrogens is 1. The summed E-state index contributed by atoms with van der Waals surface area (Å²) in [6, 6.07) is 10.7. The number of ether oxygens (including phenoxy) is 1. The van der Waals surface area contributed by atoms with Crippen LogP contribution in [0.5, 0.6) is 0 Å². The molecular weight excluding hydrogens is 202 g/mol. The van der Waals surface area contributed by atoms with Crippen molar-refractivity contribution in [1.29, 1.82) is 0 Å². The number of amidine groups is 1. The quantitative estimate of drug-likeness (QED) is 0.822. The second-order valence-corrected chi connectivity index (χ2v) is 3.95. The number of aliphatic imine (C=N–C) groups is 1. The van der Waals surface area contributed by atoms with Crippen molar-refractivity contribution in [3.63, 3.8) is 0 Å². The average Bonchev–Trinajstić information content (AvgIpc) is 2.87. The summed E-state index contributed by atoms with van der Waals surface area (Å²) in [6.07, 6.45) is 2.14. The van der Waals surface area contributed by atoms with Crippen LogP contribution >= 0.6 is 0 Å². The molecule has 1 aliphatic rings. The van der Waals surface area contributed by atoms with Gasteiger partial charge >= 0.3 is 0 Å². The first-order valence-electron chi connectivity index (χ1n) is 5.33. The minimum atomic E-state index is 0.0656. The van der Waals surface area contributed by atoms with Crippen molar-refractivity contribution < 1.29 is 4.74 Å². The normalized spacial score (nSPS) is 19.8. The van der Waals surface area contributed by atoms with E-state index in [0.29, 0.717) is 12.6 Å². The van der Waals surface area contributed by atoms with E-state index in [9.17, 15) is 0 Å². The molecule has 1 atom stereocenters. The first kappa shape index (κ1) is 9.27. The molecule has 2 N–H and O–H groups in total. The zero-order chi connectivity index (χ0) is 11.0. The molecule has 82 valence electrons. The fourth-order valence-corrected chi connectivity index (χ4v) is 2.05. The molecule has 1 aromatic carbocycles. The summed E-state index contributed by atoms with van der Waals surface area (Å²) < 4.78 is 7.57. The molecule has 0 radical (unpaired) electrons. The van der Waals surface area contributed by atoms with Gasteiger partial charge in [-0.1, -0.05) is 18.2 Å². The van der Waals surface area contributed by atoms with Crippen LogP contribution < -0.4 is 5.73 Å². The van der Waals surface area contributed by atoms with Crippen LogP contribution in [-0.4, -0.2) is 23.2 Å². The molecule has 1 aliphatic heterocycles. The zero-order valence-electron chi connectivity index (χ0n) is 8.84. The summed E-state index contributed by atoms with van der Waals surface area (Å²) in [5.74, 6) is 0. The smallest absolute Gasteiger partial charge is 0.282 e. The van der Waals surface area contributed by atoms with Crippen LogP contribution in [0.2, 0.25) is 0 Å². The van der Waals surface area contributed by atoms with Gasteiger partial charge in [-0.3, -0.25) is 0 Å². The maximum atomic E-state index is 5.49. The standard InChI is InChI=1S/C12H13N3O/c13-12-14-7-10(16-12)8-15-6-5-9-3-1-2-4-11(9)15/h1-6,10H,7-8H2,(H2,13,14). The molecule has 2 aromatic rings. The van der Waals surface area contributed by atoms with Gasteiger partial charge in [-0.05, 0) is 17.5 Å². The predicted octanol–water partition coefficient (Wildman–Crippen LogP) is 1.35. The van der Waals surface area contributed by atoms with Gasteiger partial charge in [0.05, 0.1) is 13.1 Å². The van der Waals surface area contributed by atoms with Gasteiger partial charge in [0.25, 0.3) is 6.02 Å². The predicted molar refractivity (Wildman–Crippen MR) is 63.3 cm³/mol. The lowest BCUT2D eigenvalue weighted by atomic mass is 10.2. The molecule has 4 nitrogen and oxygen atoms in total. The lowest BCUT2D eigenvalue weighted by Gasteiger charge is -2.11. The number of nitrogens with zero attached hydrogens (tertiary/aromatic N) is 2. The first-order chi connectivity index (χ1) is 7.83. The molecule has 0 saturated carbocycles. The number of fused-ring (bicyclic) bond motifs is 1. The molecular formula is C12H13N3O. The van der Waals surface area contributed by atoms with Crippen molar-refractivity contribution in [2.24, 2.45) is 10.7 Å². The summed E-state index contributed by atoms with van der Waals surface area (Å²) >= 11 is 0. The van der Waals surface area contributed by atoms with Crippen LogP contribution in [0.15, 0.2) is 41.5 Å². The number of para-hydroxylation sites is 1. The summed E-state index contributed by atoms with van der Waals surface area (Å²) in [7, 11) is 0. The largest absolute Gasteiger partial charge is 0.458 e. The minimum absolute atomic E-state index is 0.0656. The SMILES string of the molecule is NC1=NCC(Cn2ccc3ccccc32)O1. The van der Waals surface area contributed by atoms with Crippen molar-refractivity contribution in [3.05, 3.63) is 36.5 Å². The summed E-state index contributed by atoms with van der Waals surface area (Å²) in [4.78, 5) is 4.04. The Morgan fingerprint density at radius 2 is 2.25 bits per heavy atom. The van der Waals surface area contributed by atoms with Gasteiger partial charge in [-0.2, -0.15) is 0 Å². The average molecular weight is 215 g/mol. The second kappa shape index (κ2) is 3.56. The zero-order valence-corrected chi connectivity index (χ0v) is 8.84. The number of rotatable bonds is 2. The van der Waals surface area contributed by atoms with E-state index in [0.717, 1.165) is 6.54 Å². The fourth-order valence-electron chi connectivity index (χ4n) is 2.05. The Hall–Kier alpha value is -1.97. The number of hydrogen-bond acceptors (Lipinski definition) is 3. The lowest BCUT2D eigenvalue weighted by Crippen LogP contribution is -2.22. The molecule has 1 aromatic heterocycles. The topological polar surface area (TPSA) is 52.5 Å². The van der Waals surface area contributed by atoms with E-state index in [2.05, 4.69) is 34.0 Å². The van der Waals surface area contributed by atoms with Crippen molar-refractivity contribution in [3.8, 4) is 0 Å². The van der Waals surface area contributed by atoms with Crippen LogP contribution in [-0.2, 0) is 11.3 Å². The van der Waals surface area contributed by atoms with Crippen molar-refractivity contribution in [2.75, 3.05) is 6.54 Å². The summed E-state index contributed by atoms with van der Waals surface area (Å²) in [6.45, 7) is 1.44. The van der Waals surface area contributed by atoms with Gasteiger partial charge in [-0.15, -0.1) is 0 Å². The summed E-state index contributed by atoms with van der Waals surface area (Å²) in [5, 5.41) is 1.24. The van der Waals surface area contributed by atoms with E-state index in [4.69, 9.17) is 10.5 Å². The third kappa shape index (κ3) is 1.52. The molecule has 1 unspecified atom stereocenters. The molecule has 0 fully saturated rings. The van der Waals surface area contributed by atoms with Crippen molar-refractivity contribution in [2.45, 2.75) is 12.6 Å². The monoisotopic (exact) mass is 215 g/mol. The third-order valence-electron chi connectivity index (χ3n) is 2.82. The Morgan fingerprint density at radius 3 is 3.06 bits per heavy atom. The van der Waals surface area contributed by atoms with Gasteiger partial charge in [0.15, 0.2) is 0 Å². The van der Waals surface area contributed by atoms with E-state index in [-0.39, 0.29) is 6.10 Å². The fraction of sp³-hybridized carbons (Fsp3) is 0.250. The molecule has 0 aliphatic carbocycles. The molecule has 0 amide bonds. The Balaban J connectivity index is 1.85. The lowest BCUT2D eigenvalue weighted by molar-refractivity contribution is 0.200. The van der Waals surface area contributed by atoms with Gasteiger partial charge in [-0.25, -0.2) is 4.99 Å². The van der Waals surface area contributed by atoms with Crippen molar-refractivity contribution >= 4 is 16.9 Å².